The first kappa shape index (κ1) is 18.0. The van der Waals surface area contributed by atoms with Crippen LogP contribution in [0.2, 0.25) is 0 Å². The summed E-state index contributed by atoms with van der Waals surface area (Å²) in [6.07, 6.45) is -4.40. The standard InChI is InChI=1S/C16H18F3N3O2/c1-10-8-14(21-24-10)9-22(3)11(2)15(23)20-13-6-4-12(5-7-13)16(17,18)19/h4-8,11H,9H2,1-3H3,(H,20,23). The van der Waals surface area contributed by atoms with E-state index < -0.39 is 17.8 Å². The maximum absolute atomic E-state index is 12.5. The molecule has 24 heavy (non-hydrogen) atoms. The van der Waals surface area contributed by atoms with Crippen LogP contribution >= 0.6 is 0 Å². The first-order valence-electron chi connectivity index (χ1n) is 7.27. The summed E-state index contributed by atoms with van der Waals surface area (Å²) < 4.78 is 42.5. The molecule has 0 aliphatic carbocycles. The molecule has 0 fully saturated rings. The molecule has 1 amide bonds. The second-order valence-corrected chi connectivity index (χ2v) is 5.58. The minimum atomic E-state index is -4.40. The van der Waals surface area contributed by atoms with Crippen molar-refractivity contribution in [2.45, 2.75) is 32.6 Å². The second-order valence-electron chi connectivity index (χ2n) is 5.58. The van der Waals surface area contributed by atoms with Crippen LogP contribution < -0.4 is 5.32 Å². The van der Waals surface area contributed by atoms with Crippen molar-refractivity contribution in [2.24, 2.45) is 0 Å². The molecular weight excluding hydrogens is 323 g/mol. The predicted octanol–water partition coefficient (Wildman–Crippen LogP) is 3.46. The Labute approximate surface area is 137 Å². The Kier molecular flexibility index (Phi) is 5.28. The highest BCUT2D eigenvalue weighted by atomic mass is 19.4. The number of hydrogen-bond acceptors (Lipinski definition) is 4. The van der Waals surface area contributed by atoms with E-state index in [9.17, 15) is 18.0 Å². The van der Waals surface area contributed by atoms with Crippen LogP contribution in [-0.4, -0.2) is 29.1 Å². The summed E-state index contributed by atoms with van der Waals surface area (Å²) in [4.78, 5) is 14.0. The molecule has 1 unspecified atom stereocenters. The second kappa shape index (κ2) is 7.04. The zero-order valence-electron chi connectivity index (χ0n) is 13.5. The number of benzene rings is 1. The van der Waals surface area contributed by atoms with Gasteiger partial charge in [0.25, 0.3) is 0 Å². The fourth-order valence-corrected chi connectivity index (χ4v) is 2.07. The van der Waals surface area contributed by atoms with Crippen LogP contribution in [0.3, 0.4) is 0 Å². The van der Waals surface area contributed by atoms with Crippen molar-refractivity contribution in [2.75, 3.05) is 12.4 Å². The van der Waals surface area contributed by atoms with Crippen LogP contribution in [-0.2, 0) is 17.5 Å². The van der Waals surface area contributed by atoms with Gasteiger partial charge in [0.15, 0.2) is 0 Å². The number of amides is 1. The largest absolute Gasteiger partial charge is 0.416 e. The van der Waals surface area contributed by atoms with E-state index in [1.54, 1.807) is 31.9 Å². The van der Waals surface area contributed by atoms with Gasteiger partial charge in [-0.15, -0.1) is 0 Å². The highest BCUT2D eigenvalue weighted by molar-refractivity contribution is 5.94. The number of alkyl halides is 3. The Morgan fingerprint density at radius 3 is 2.46 bits per heavy atom. The lowest BCUT2D eigenvalue weighted by molar-refractivity contribution is -0.137. The number of nitrogens with one attached hydrogen (secondary N) is 1. The third-order valence-electron chi connectivity index (χ3n) is 3.61. The zero-order chi connectivity index (χ0) is 17.9. The molecule has 0 radical (unpaired) electrons. The van der Waals surface area contributed by atoms with Crippen LogP contribution in [0.25, 0.3) is 0 Å². The number of nitrogens with zero attached hydrogens (tertiary/aromatic N) is 2. The van der Waals surface area contributed by atoms with Gasteiger partial charge in [0, 0.05) is 18.3 Å². The van der Waals surface area contributed by atoms with E-state index in [1.807, 2.05) is 0 Å². The maximum Gasteiger partial charge on any atom is 0.416 e. The number of hydrogen-bond donors (Lipinski definition) is 1. The van der Waals surface area contributed by atoms with E-state index in [0.717, 1.165) is 12.1 Å². The number of aromatic nitrogens is 1. The number of halogens is 3. The normalized spacial score (nSPS) is 13.1. The van der Waals surface area contributed by atoms with Crippen molar-refractivity contribution in [3.05, 3.63) is 47.3 Å². The van der Waals surface area contributed by atoms with Gasteiger partial charge in [-0.3, -0.25) is 9.69 Å². The van der Waals surface area contributed by atoms with E-state index in [2.05, 4.69) is 10.5 Å². The molecule has 2 rings (SSSR count). The predicted molar refractivity (Wildman–Crippen MR) is 82.2 cm³/mol. The van der Waals surface area contributed by atoms with E-state index in [4.69, 9.17) is 4.52 Å². The Hall–Kier alpha value is -2.35. The van der Waals surface area contributed by atoms with E-state index >= 15 is 0 Å². The van der Waals surface area contributed by atoms with Crippen molar-refractivity contribution in [1.29, 1.82) is 0 Å². The molecular formula is C16H18F3N3O2. The number of carbonyl (C=O) groups is 1. The van der Waals surface area contributed by atoms with Crippen LogP contribution in [0.15, 0.2) is 34.9 Å². The molecule has 0 saturated carbocycles. The van der Waals surface area contributed by atoms with Gasteiger partial charge in [-0.05, 0) is 45.2 Å². The van der Waals surface area contributed by atoms with Crippen molar-refractivity contribution < 1.29 is 22.5 Å². The lowest BCUT2D eigenvalue weighted by Gasteiger charge is -2.22. The number of carbonyl (C=O) groups excluding carboxylic acids is 1. The van der Waals surface area contributed by atoms with Crippen molar-refractivity contribution in [3.63, 3.8) is 0 Å². The van der Waals surface area contributed by atoms with Gasteiger partial charge >= 0.3 is 6.18 Å². The van der Waals surface area contributed by atoms with Gasteiger partial charge < -0.3 is 9.84 Å². The average Bonchev–Trinajstić information content (AvgIpc) is 2.91. The summed E-state index contributed by atoms with van der Waals surface area (Å²) in [5.74, 6) is 0.359. The van der Waals surface area contributed by atoms with Crippen LogP contribution in [0.5, 0.6) is 0 Å². The number of anilines is 1. The molecule has 1 N–H and O–H groups in total. The molecule has 0 aliphatic rings. The van der Waals surface area contributed by atoms with Gasteiger partial charge in [-0.25, -0.2) is 0 Å². The first-order chi connectivity index (χ1) is 11.2. The van der Waals surface area contributed by atoms with Crippen LogP contribution in [0.1, 0.15) is 23.9 Å². The molecule has 5 nitrogen and oxygen atoms in total. The highest BCUT2D eigenvalue weighted by Crippen LogP contribution is 2.29. The summed E-state index contributed by atoms with van der Waals surface area (Å²) >= 11 is 0. The SMILES string of the molecule is Cc1cc(CN(C)C(C)C(=O)Nc2ccc(C(F)(F)F)cc2)no1. The molecule has 1 aromatic heterocycles. The van der Waals surface area contributed by atoms with Gasteiger partial charge in [-0.1, -0.05) is 5.16 Å². The van der Waals surface area contributed by atoms with Crippen molar-refractivity contribution in [3.8, 4) is 0 Å². The highest BCUT2D eigenvalue weighted by Gasteiger charge is 2.30. The van der Waals surface area contributed by atoms with E-state index in [-0.39, 0.29) is 5.91 Å². The molecule has 0 saturated heterocycles. The third kappa shape index (κ3) is 4.58. The molecule has 0 spiro atoms. The van der Waals surface area contributed by atoms with Crippen molar-refractivity contribution >= 4 is 11.6 Å². The summed E-state index contributed by atoms with van der Waals surface area (Å²) in [5, 5.41) is 6.46. The molecule has 2 aromatic rings. The summed E-state index contributed by atoms with van der Waals surface area (Å²) in [7, 11) is 1.75. The minimum Gasteiger partial charge on any atom is -0.361 e. The van der Waals surface area contributed by atoms with Crippen LogP contribution in [0, 0.1) is 6.92 Å². The fraction of sp³-hybridized carbons (Fsp3) is 0.375. The van der Waals surface area contributed by atoms with Crippen molar-refractivity contribution in [1.82, 2.24) is 10.1 Å². The number of rotatable bonds is 5. The van der Waals surface area contributed by atoms with E-state index in [1.165, 1.54) is 12.1 Å². The quantitative estimate of drug-likeness (QED) is 0.905. The zero-order valence-corrected chi connectivity index (χ0v) is 13.5. The molecule has 130 valence electrons. The Bertz CT molecular complexity index is 695. The van der Waals surface area contributed by atoms with Gasteiger partial charge in [-0.2, -0.15) is 13.2 Å². The molecule has 0 bridgehead atoms. The molecule has 1 atom stereocenters. The van der Waals surface area contributed by atoms with Crippen LogP contribution in [0.4, 0.5) is 18.9 Å². The van der Waals surface area contributed by atoms with Gasteiger partial charge in [0.2, 0.25) is 5.91 Å². The molecule has 1 heterocycles. The smallest absolute Gasteiger partial charge is 0.361 e. The monoisotopic (exact) mass is 341 g/mol. The molecule has 1 aromatic carbocycles. The average molecular weight is 341 g/mol. The number of aryl methyl sites for hydroxylation is 1. The fourth-order valence-electron chi connectivity index (χ4n) is 2.07. The molecule has 0 aliphatic heterocycles. The Morgan fingerprint density at radius 1 is 1.33 bits per heavy atom. The summed E-state index contributed by atoms with van der Waals surface area (Å²) in [6, 6.07) is 5.61. The summed E-state index contributed by atoms with van der Waals surface area (Å²) in [6.45, 7) is 3.89. The lowest BCUT2D eigenvalue weighted by Crippen LogP contribution is -2.39. The van der Waals surface area contributed by atoms with Gasteiger partial charge in [0.1, 0.15) is 5.76 Å². The number of likely N-dealkylation sites (N-methyl/N-ethyl adjacent to an activating group) is 1. The van der Waals surface area contributed by atoms with Gasteiger partial charge in [0.05, 0.1) is 17.3 Å². The lowest BCUT2D eigenvalue weighted by atomic mass is 10.2. The topological polar surface area (TPSA) is 58.4 Å². The Balaban J connectivity index is 1.95. The third-order valence-corrected chi connectivity index (χ3v) is 3.61. The minimum absolute atomic E-state index is 0.311. The first-order valence-corrected chi connectivity index (χ1v) is 7.27. The maximum atomic E-state index is 12.5. The molecule has 8 heteroatoms. The van der Waals surface area contributed by atoms with E-state index in [0.29, 0.717) is 23.7 Å². The Morgan fingerprint density at radius 2 is 1.96 bits per heavy atom. The summed E-state index contributed by atoms with van der Waals surface area (Å²) in [5.41, 5.74) is 0.252.